The monoisotopic (exact) mass is 132 g/mol. The molecule has 1 aliphatic rings. The van der Waals surface area contributed by atoms with Crippen molar-refractivity contribution in [2.45, 2.75) is 25.9 Å². The summed E-state index contributed by atoms with van der Waals surface area (Å²) in [4.78, 5) is 10.3. The van der Waals surface area contributed by atoms with Crippen molar-refractivity contribution in [3.8, 4) is 0 Å². The Kier molecular flexibility index (Phi) is 1.22. The summed E-state index contributed by atoms with van der Waals surface area (Å²) in [7, 11) is 0. The maximum Gasteiger partial charge on any atom is 0.312 e. The van der Waals surface area contributed by atoms with Gasteiger partial charge in [-0.05, 0) is 12.8 Å². The van der Waals surface area contributed by atoms with Crippen LogP contribution in [0.4, 0.5) is 4.39 Å². The highest BCUT2D eigenvalue weighted by Gasteiger charge is 2.60. The van der Waals surface area contributed by atoms with Crippen LogP contribution in [0.15, 0.2) is 0 Å². The molecule has 1 saturated carbocycles. The second-order valence-corrected chi connectivity index (χ2v) is 2.49. The fourth-order valence-electron chi connectivity index (χ4n) is 0.999. The van der Waals surface area contributed by atoms with Gasteiger partial charge in [-0.2, -0.15) is 0 Å². The molecule has 0 aromatic rings. The van der Waals surface area contributed by atoms with Crippen molar-refractivity contribution in [2.75, 3.05) is 0 Å². The van der Waals surface area contributed by atoms with E-state index >= 15 is 0 Å². The lowest BCUT2D eigenvalue weighted by Crippen LogP contribution is -2.16. The van der Waals surface area contributed by atoms with Gasteiger partial charge in [0.05, 0.1) is 0 Å². The van der Waals surface area contributed by atoms with E-state index in [1.807, 2.05) is 0 Å². The van der Waals surface area contributed by atoms with E-state index < -0.39 is 17.6 Å². The third kappa shape index (κ3) is 0.713. The van der Waals surface area contributed by atoms with Gasteiger partial charge in [-0.3, -0.25) is 4.79 Å². The summed E-state index contributed by atoms with van der Waals surface area (Å²) in [5.41, 5.74) is -1.00. The Hall–Kier alpha value is -0.600. The van der Waals surface area contributed by atoms with Crippen LogP contribution < -0.4 is 0 Å². The van der Waals surface area contributed by atoms with Crippen molar-refractivity contribution in [1.82, 2.24) is 0 Å². The first-order valence-electron chi connectivity index (χ1n) is 3.01. The zero-order valence-electron chi connectivity index (χ0n) is 5.22. The predicted molar refractivity (Wildman–Crippen MR) is 29.9 cm³/mol. The van der Waals surface area contributed by atoms with Gasteiger partial charge in [0.2, 0.25) is 0 Å². The highest BCUT2D eigenvalue weighted by molar-refractivity contribution is 5.79. The first-order valence-corrected chi connectivity index (χ1v) is 3.01. The molecule has 1 N–H and O–H groups in total. The van der Waals surface area contributed by atoms with Gasteiger partial charge in [-0.25, -0.2) is 4.39 Å². The van der Waals surface area contributed by atoms with E-state index in [4.69, 9.17) is 5.11 Å². The molecule has 0 heterocycles. The highest BCUT2D eigenvalue weighted by atomic mass is 19.1. The summed E-state index contributed by atoms with van der Waals surface area (Å²) in [6, 6.07) is 0. The Morgan fingerprint density at radius 3 is 2.44 bits per heavy atom. The highest BCUT2D eigenvalue weighted by Crippen LogP contribution is 2.51. The van der Waals surface area contributed by atoms with Gasteiger partial charge in [0.15, 0.2) is 0 Å². The summed E-state index contributed by atoms with van der Waals surface area (Å²) in [5.74, 6) is -0.988. The minimum absolute atomic E-state index is 0.207. The van der Waals surface area contributed by atoms with Crippen molar-refractivity contribution in [1.29, 1.82) is 0 Å². The van der Waals surface area contributed by atoms with E-state index in [-0.39, 0.29) is 6.42 Å². The number of carbonyl (C=O) groups is 1. The number of carboxylic acids is 1. The van der Waals surface area contributed by atoms with Gasteiger partial charge in [-0.1, -0.05) is 6.92 Å². The number of alkyl halides is 1. The molecule has 3 heteroatoms. The van der Waals surface area contributed by atoms with Crippen LogP contribution in [0.1, 0.15) is 19.8 Å². The molecule has 52 valence electrons. The number of aliphatic carboxylic acids is 1. The normalized spacial score (nSPS) is 40.4. The van der Waals surface area contributed by atoms with Crippen LogP contribution in [0.25, 0.3) is 0 Å². The van der Waals surface area contributed by atoms with E-state index in [1.54, 1.807) is 6.92 Å². The molecule has 0 unspecified atom stereocenters. The Bertz CT molecular complexity index is 142. The Morgan fingerprint density at radius 2 is 2.44 bits per heavy atom. The molecule has 0 aromatic carbocycles. The van der Waals surface area contributed by atoms with E-state index in [9.17, 15) is 9.18 Å². The molecule has 2 nitrogen and oxygen atoms in total. The van der Waals surface area contributed by atoms with Crippen LogP contribution in [-0.2, 0) is 4.79 Å². The summed E-state index contributed by atoms with van der Waals surface area (Å²) in [5, 5.41) is 8.43. The van der Waals surface area contributed by atoms with Crippen molar-refractivity contribution < 1.29 is 14.3 Å². The zero-order valence-corrected chi connectivity index (χ0v) is 5.22. The van der Waals surface area contributed by atoms with Crippen LogP contribution in [0.5, 0.6) is 0 Å². The van der Waals surface area contributed by atoms with E-state index in [2.05, 4.69) is 0 Å². The fourth-order valence-corrected chi connectivity index (χ4v) is 0.999. The Labute approximate surface area is 52.7 Å². The van der Waals surface area contributed by atoms with Crippen LogP contribution in [0, 0.1) is 5.41 Å². The number of halogens is 1. The molecule has 0 bridgehead atoms. The van der Waals surface area contributed by atoms with Crippen molar-refractivity contribution in [3.05, 3.63) is 0 Å². The summed E-state index contributed by atoms with van der Waals surface area (Å²) >= 11 is 0. The Morgan fingerprint density at radius 1 is 2.00 bits per heavy atom. The first-order chi connectivity index (χ1) is 4.13. The van der Waals surface area contributed by atoms with Gasteiger partial charge in [-0.15, -0.1) is 0 Å². The lowest BCUT2D eigenvalue weighted by molar-refractivity contribution is -0.144. The topological polar surface area (TPSA) is 37.3 Å². The van der Waals surface area contributed by atoms with Crippen LogP contribution in [-0.4, -0.2) is 17.2 Å². The minimum Gasteiger partial charge on any atom is -0.481 e. The van der Waals surface area contributed by atoms with E-state index in [0.29, 0.717) is 6.42 Å². The van der Waals surface area contributed by atoms with Crippen molar-refractivity contribution in [3.63, 3.8) is 0 Å². The molecule has 0 spiro atoms. The molecule has 2 atom stereocenters. The van der Waals surface area contributed by atoms with Crippen LogP contribution in [0.2, 0.25) is 0 Å². The Balaban J connectivity index is 2.62. The predicted octanol–water partition coefficient (Wildman–Crippen LogP) is 1.21. The average Bonchev–Trinajstić information content (AvgIpc) is 2.43. The molecule has 0 radical (unpaired) electrons. The number of rotatable bonds is 2. The van der Waals surface area contributed by atoms with Crippen LogP contribution in [0.3, 0.4) is 0 Å². The van der Waals surface area contributed by atoms with Crippen LogP contribution >= 0.6 is 0 Å². The molecule has 9 heavy (non-hydrogen) atoms. The molecule has 0 aromatic heterocycles. The van der Waals surface area contributed by atoms with Gasteiger partial charge in [0.1, 0.15) is 11.6 Å². The summed E-state index contributed by atoms with van der Waals surface area (Å²) < 4.78 is 12.3. The largest absolute Gasteiger partial charge is 0.481 e. The standard InChI is InChI=1S/C6H9FO2/c1-2-6(5(8)9)3-4(6)7/h4H,2-3H2,1H3,(H,8,9)/t4-,6-/m0/s1. The van der Waals surface area contributed by atoms with Gasteiger partial charge in [0, 0.05) is 0 Å². The summed E-state index contributed by atoms with van der Waals surface area (Å²) in [6.45, 7) is 1.70. The fraction of sp³-hybridized carbons (Fsp3) is 0.833. The van der Waals surface area contributed by atoms with E-state index in [0.717, 1.165) is 0 Å². The zero-order chi connectivity index (χ0) is 7.07. The third-order valence-corrected chi connectivity index (χ3v) is 2.04. The average molecular weight is 132 g/mol. The molecule has 1 rings (SSSR count). The van der Waals surface area contributed by atoms with Gasteiger partial charge in [0.25, 0.3) is 0 Å². The first kappa shape index (κ1) is 6.52. The molecular formula is C6H9FO2. The second kappa shape index (κ2) is 1.69. The van der Waals surface area contributed by atoms with Crippen molar-refractivity contribution >= 4 is 5.97 Å². The SMILES string of the molecule is CC[C@]1(C(=O)O)C[C@@H]1F. The summed E-state index contributed by atoms with van der Waals surface area (Å²) in [6.07, 6.45) is -0.484. The molecular weight excluding hydrogens is 123 g/mol. The smallest absolute Gasteiger partial charge is 0.312 e. The maximum absolute atomic E-state index is 12.3. The molecule has 0 saturated heterocycles. The number of hydrogen-bond acceptors (Lipinski definition) is 1. The molecule has 1 aliphatic carbocycles. The molecule has 0 amide bonds. The lowest BCUT2D eigenvalue weighted by Gasteiger charge is -2.02. The number of hydrogen-bond donors (Lipinski definition) is 1. The van der Waals surface area contributed by atoms with Gasteiger partial charge >= 0.3 is 5.97 Å². The molecule has 1 fully saturated rings. The molecule has 0 aliphatic heterocycles. The maximum atomic E-state index is 12.3. The number of carboxylic acid groups (broad SMARTS) is 1. The van der Waals surface area contributed by atoms with Crippen molar-refractivity contribution in [2.24, 2.45) is 5.41 Å². The quantitative estimate of drug-likeness (QED) is 0.613. The van der Waals surface area contributed by atoms with E-state index in [1.165, 1.54) is 0 Å². The third-order valence-electron chi connectivity index (χ3n) is 2.04. The lowest BCUT2D eigenvalue weighted by atomic mass is 10.0. The minimum atomic E-state index is -1.10. The second-order valence-electron chi connectivity index (χ2n) is 2.49. The van der Waals surface area contributed by atoms with Gasteiger partial charge < -0.3 is 5.11 Å².